The van der Waals surface area contributed by atoms with Crippen molar-refractivity contribution in [3.05, 3.63) is 41.2 Å². The van der Waals surface area contributed by atoms with Crippen molar-refractivity contribution < 1.29 is 4.79 Å². The summed E-state index contributed by atoms with van der Waals surface area (Å²) < 4.78 is 0. The number of aromatic nitrogens is 1. The van der Waals surface area contributed by atoms with Crippen LogP contribution < -0.4 is 5.32 Å². The summed E-state index contributed by atoms with van der Waals surface area (Å²) in [7, 11) is 0. The van der Waals surface area contributed by atoms with E-state index in [1.54, 1.807) is 12.1 Å². The number of pyridine rings is 1. The van der Waals surface area contributed by atoms with E-state index in [2.05, 4.69) is 16.4 Å². The van der Waals surface area contributed by atoms with Crippen LogP contribution in [0.3, 0.4) is 0 Å². The Hall–Kier alpha value is -2.15. The van der Waals surface area contributed by atoms with Crippen LogP contribution in [-0.2, 0) is 0 Å². The summed E-state index contributed by atoms with van der Waals surface area (Å²) in [5, 5.41) is 11.5. The third-order valence-electron chi connectivity index (χ3n) is 3.24. The summed E-state index contributed by atoms with van der Waals surface area (Å²) >= 11 is 0. The van der Waals surface area contributed by atoms with Crippen molar-refractivity contribution >= 4 is 5.91 Å². The van der Waals surface area contributed by atoms with Crippen LogP contribution in [-0.4, -0.2) is 17.4 Å². The van der Waals surface area contributed by atoms with Gasteiger partial charge in [0.15, 0.2) is 0 Å². The summed E-state index contributed by atoms with van der Waals surface area (Å²) in [6.07, 6.45) is 9.49. The van der Waals surface area contributed by atoms with Crippen molar-refractivity contribution in [3.8, 4) is 6.07 Å². The maximum absolute atomic E-state index is 11.8. The fourth-order valence-corrected chi connectivity index (χ4v) is 2.15. The quantitative estimate of drug-likeness (QED) is 0.841. The highest BCUT2D eigenvalue weighted by atomic mass is 16.1. The Balaban J connectivity index is 1.80. The molecule has 1 aromatic heterocycles. The standard InChI is InChI=1S/C15H17N3O/c16-10-13-6-7-14(18-11-13)15(19)17-9-8-12-4-2-1-3-5-12/h4,6-7,11H,1-3,5,8-9H2,(H,17,19). The molecule has 4 nitrogen and oxygen atoms in total. The molecular formula is C15H17N3O. The number of hydrogen-bond acceptors (Lipinski definition) is 3. The average molecular weight is 255 g/mol. The normalized spacial score (nSPS) is 14.4. The summed E-state index contributed by atoms with van der Waals surface area (Å²) in [5.74, 6) is -0.180. The summed E-state index contributed by atoms with van der Waals surface area (Å²) in [6.45, 7) is 0.645. The molecule has 1 amide bonds. The molecular weight excluding hydrogens is 238 g/mol. The van der Waals surface area contributed by atoms with Crippen LogP contribution in [0.4, 0.5) is 0 Å². The number of nitrogens with one attached hydrogen (secondary N) is 1. The number of carbonyl (C=O) groups is 1. The van der Waals surface area contributed by atoms with E-state index in [1.807, 2.05) is 6.07 Å². The fraction of sp³-hybridized carbons (Fsp3) is 0.400. The molecule has 19 heavy (non-hydrogen) atoms. The molecule has 2 rings (SSSR count). The number of rotatable bonds is 4. The lowest BCUT2D eigenvalue weighted by molar-refractivity contribution is 0.0949. The maximum Gasteiger partial charge on any atom is 0.269 e. The Bertz CT molecular complexity index is 511. The van der Waals surface area contributed by atoms with E-state index in [1.165, 1.54) is 31.0 Å². The summed E-state index contributed by atoms with van der Waals surface area (Å²) in [4.78, 5) is 15.8. The van der Waals surface area contributed by atoms with Gasteiger partial charge in [-0.05, 0) is 44.2 Å². The van der Waals surface area contributed by atoms with Gasteiger partial charge < -0.3 is 5.32 Å². The predicted octanol–water partition coefficient (Wildman–Crippen LogP) is 2.57. The topological polar surface area (TPSA) is 65.8 Å². The first-order chi connectivity index (χ1) is 9.29. The second-order valence-corrected chi connectivity index (χ2v) is 4.66. The van der Waals surface area contributed by atoms with Crippen LogP contribution in [0.2, 0.25) is 0 Å². The van der Waals surface area contributed by atoms with Gasteiger partial charge >= 0.3 is 0 Å². The first-order valence-corrected chi connectivity index (χ1v) is 6.62. The molecule has 0 aliphatic heterocycles. The zero-order valence-corrected chi connectivity index (χ0v) is 10.9. The Kier molecular flexibility index (Phi) is 4.68. The summed E-state index contributed by atoms with van der Waals surface area (Å²) in [5.41, 5.74) is 2.26. The largest absolute Gasteiger partial charge is 0.350 e. The van der Waals surface area contributed by atoms with E-state index in [4.69, 9.17) is 5.26 Å². The molecule has 0 bridgehead atoms. The Morgan fingerprint density at radius 3 is 2.95 bits per heavy atom. The number of hydrogen-bond donors (Lipinski definition) is 1. The van der Waals surface area contributed by atoms with Crippen LogP contribution in [0, 0.1) is 11.3 Å². The van der Waals surface area contributed by atoms with E-state index < -0.39 is 0 Å². The maximum atomic E-state index is 11.8. The van der Waals surface area contributed by atoms with E-state index in [-0.39, 0.29) is 5.91 Å². The van der Waals surface area contributed by atoms with Gasteiger partial charge in [0.1, 0.15) is 11.8 Å². The van der Waals surface area contributed by atoms with Crippen molar-refractivity contribution in [2.24, 2.45) is 0 Å². The lowest BCUT2D eigenvalue weighted by atomic mass is 9.97. The minimum atomic E-state index is -0.180. The van der Waals surface area contributed by atoms with E-state index in [0.717, 1.165) is 12.8 Å². The van der Waals surface area contributed by atoms with Crippen molar-refractivity contribution in [2.75, 3.05) is 6.54 Å². The molecule has 0 aromatic carbocycles. The van der Waals surface area contributed by atoms with Crippen LogP contribution >= 0.6 is 0 Å². The molecule has 0 unspecified atom stereocenters. The van der Waals surface area contributed by atoms with Crippen LogP contribution in [0.15, 0.2) is 30.0 Å². The Morgan fingerprint density at radius 2 is 2.32 bits per heavy atom. The highest BCUT2D eigenvalue weighted by Crippen LogP contribution is 2.19. The number of carbonyl (C=O) groups excluding carboxylic acids is 1. The molecule has 0 saturated heterocycles. The molecule has 1 aliphatic rings. The molecule has 1 N–H and O–H groups in total. The minimum Gasteiger partial charge on any atom is -0.350 e. The van der Waals surface area contributed by atoms with E-state index in [9.17, 15) is 4.79 Å². The van der Waals surface area contributed by atoms with Gasteiger partial charge in [0.2, 0.25) is 0 Å². The minimum absolute atomic E-state index is 0.180. The fourth-order valence-electron chi connectivity index (χ4n) is 2.15. The van der Waals surface area contributed by atoms with Gasteiger partial charge in [-0.25, -0.2) is 4.98 Å². The van der Waals surface area contributed by atoms with Gasteiger partial charge in [0, 0.05) is 12.7 Å². The van der Waals surface area contributed by atoms with Crippen molar-refractivity contribution in [2.45, 2.75) is 32.1 Å². The first-order valence-electron chi connectivity index (χ1n) is 6.62. The molecule has 0 radical (unpaired) electrons. The average Bonchev–Trinajstić information content (AvgIpc) is 2.48. The lowest BCUT2D eigenvalue weighted by Gasteiger charge is -2.12. The van der Waals surface area contributed by atoms with Crippen molar-refractivity contribution in [1.29, 1.82) is 5.26 Å². The monoisotopic (exact) mass is 255 g/mol. The zero-order valence-electron chi connectivity index (χ0n) is 10.9. The highest BCUT2D eigenvalue weighted by molar-refractivity contribution is 5.92. The number of nitrogens with zero attached hydrogens (tertiary/aromatic N) is 2. The van der Waals surface area contributed by atoms with Crippen LogP contribution in [0.25, 0.3) is 0 Å². The molecule has 0 spiro atoms. The van der Waals surface area contributed by atoms with Crippen molar-refractivity contribution in [3.63, 3.8) is 0 Å². The Morgan fingerprint density at radius 1 is 1.42 bits per heavy atom. The molecule has 98 valence electrons. The third-order valence-corrected chi connectivity index (χ3v) is 3.24. The lowest BCUT2D eigenvalue weighted by Crippen LogP contribution is -2.25. The molecule has 1 aliphatic carbocycles. The smallest absolute Gasteiger partial charge is 0.269 e. The van der Waals surface area contributed by atoms with Crippen LogP contribution in [0.5, 0.6) is 0 Å². The SMILES string of the molecule is N#Cc1ccc(C(=O)NCCC2=CCCCC2)nc1. The number of nitriles is 1. The van der Waals surface area contributed by atoms with E-state index in [0.29, 0.717) is 17.8 Å². The Labute approximate surface area is 113 Å². The molecule has 0 saturated carbocycles. The number of allylic oxidation sites excluding steroid dienone is 1. The van der Waals surface area contributed by atoms with Gasteiger partial charge in [-0.15, -0.1) is 0 Å². The van der Waals surface area contributed by atoms with Gasteiger partial charge in [0.05, 0.1) is 5.56 Å². The summed E-state index contributed by atoms with van der Waals surface area (Å²) in [6, 6.07) is 5.16. The predicted molar refractivity (Wildman–Crippen MR) is 72.5 cm³/mol. The van der Waals surface area contributed by atoms with Gasteiger partial charge in [0.25, 0.3) is 5.91 Å². The second kappa shape index (κ2) is 6.69. The molecule has 1 aromatic rings. The molecule has 0 fully saturated rings. The van der Waals surface area contributed by atoms with Gasteiger partial charge in [-0.2, -0.15) is 5.26 Å². The van der Waals surface area contributed by atoms with Crippen molar-refractivity contribution in [1.82, 2.24) is 10.3 Å². The molecule has 4 heteroatoms. The third kappa shape index (κ3) is 3.92. The van der Waals surface area contributed by atoms with Gasteiger partial charge in [-0.3, -0.25) is 4.79 Å². The molecule has 1 heterocycles. The molecule has 0 atom stereocenters. The van der Waals surface area contributed by atoms with Crippen LogP contribution in [0.1, 0.15) is 48.2 Å². The van der Waals surface area contributed by atoms with Gasteiger partial charge in [-0.1, -0.05) is 11.6 Å². The second-order valence-electron chi connectivity index (χ2n) is 4.66. The highest BCUT2D eigenvalue weighted by Gasteiger charge is 2.08. The zero-order chi connectivity index (χ0) is 13.5. The first kappa shape index (κ1) is 13.3. The van der Waals surface area contributed by atoms with E-state index >= 15 is 0 Å². The number of amides is 1.